The summed E-state index contributed by atoms with van der Waals surface area (Å²) in [6.07, 6.45) is 2.66. The van der Waals surface area contributed by atoms with Gasteiger partial charge in [0.1, 0.15) is 0 Å². The van der Waals surface area contributed by atoms with E-state index >= 15 is 0 Å². The summed E-state index contributed by atoms with van der Waals surface area (Å²) in [6, 6.07) is 0. The molecule has 0 fully saturated rings. The van der Waals surface area contributed by atoms with Crippen molar-refractivity contribution in [3.63, 3.8) is 0 Å². The molecule has 0 radical (unpaired) electrons. The SMILES string of the molecule is CCC(C)CC.[Br][Al]([Br])[Br]. The lowest BCUT2D eigenvalue weighted by molar-refractivity contribution is 0.544. The zero-order valence-electron chi connectivity index (χ0n) is 6.70. The molecule has 0 aliphatic heterocycles. The molecular formula is C6H14AlBr3. The zero-order chi connectivity index (χ0) is 8.57. The molecule has 0 spiro atoms. The highest BCUT2D eigenvalue weighted by Gasteiger charge is 1.95. The summed E-state index contributed by atoms with van der Waals surface area (Å²) in [6.45, 7) is 6.74. The van der Waals surface area contributed by atoms with E-state index in [9.17, 15) is 0 Å². The average molecular weight is 353 g/mol. The van der Waals surface area contributed by atoms with Crippen molar-refractivity contribution in [3.8, 4) is 0 Å². The second kappa shape index (κ2) is 11.0. The van der Waals surface area contributed by atoms with Gasteiger partial charge < -0.3 is 0 Å². The van der Waals surface area contributed by atoms with Gasteiger partial charge in [0.05, 0.1) is 0 Å². The molecule has 0 amide bonds. The van der Waals surface area contributed by atoms with Crippen LogP contribution in [0.1, 0.15) is 33.6 Å². The molecule has 0 unspecified atom stereocenters. The Morgan fingerprint density at radius 2 is 1.30 bits per heavy atom. The Kier molecular flexibility index (Phi) is 15.9. The monoisotopic (exact) mass is 350 g/mol. The first-order chi connectivity index (χ1) is 4.54. The van der Waals surface area contributed by atoms with Gasteiger partial charge in [-0.25, -0.2) is 0 Å². The maximum absolute atomic E-state index is 3.24. The van der Waals surface area contributed by atoms with Gasteiger partial charge in [-0.2, -0.15) is 42.2 Å². The van der Waals surface area contributed by atoms with Crippen molar-refractivity contribution in [1.82, 2.24) is 0 Å². The topological polar surface area (TPSA) is 0 Å². The van der Waals surface area contributed by atoms with Gasteiger partial charge in [0.25, 0.3) is 0 Å². The highest BCUT2D eigenvalue weighted by Crippen LogP contribution is 2.07. The molecule has 0 aliphatic rings. The van der Waals surface area contributed by atoms with Crippen LogP contribution in [0.5, 0.6) is 0 Å². The van der Waals surface area contributed by atoms with Crippen molar-refractivity contribution in [2.75, 3.05) is 0 Å². The maximum Gasteiger partial charge on any atom is 0.542 e. The van der Waals surface area contributed by atoms with Gasteiger partial charge in [-0.1, -0.05) is 33.6 Å². The van der Waals surface area contributed by atoms with E-state index in [1.165, 1.54) is 12.8 Å². The van der Waals surface area contributed by atoms with Crippen LogP contribution in [0, 0.1) is 5.92 Å². The molecule has 0 atom stereocenters. The minimum atomic E-state index is -0.701. The smallest absolute Gasteiger partial charge is 0.181 e. The molecule has 0 aromatic rings. The van der Waals surface area contributed by atoms with Crippen molar-refractivity contribution in [3.05, 3.63) is 0 Å². The molecule has 0 rings (SSSR count). The Balaban J connectivity index is 0. The van der Waals surface area contributed by atoms with Crippen LogP contribution in [-0.2, 0) is 0 Å². The molecule has 0 aliphatic carbocycles. The van der Waals surface area contributed by atoms with Crippen LogP contribution in [-0.4, -0.2) is 8.67 Å². The molecule has 10 heavy (non-hydrogen) atoms. The van der Waals surface area contributed by atoms with Gasteiger partial charge in [0, 0.05) is 0 Å². The Labute approximate surface area is 89.5 Å². The molecule has 0 bridgehead atoms. The zero-order valence-corrected chi connectivity index (χ0v) is 12.6. The minimum absolute atomic E-state index is 0.701. The Hall–Kier alpha value is 1.97. The van der Waals surface area contributed by atoms with Crippen molar-refractivity contribution in [2.24, 2.45) is 5.92 Å². The van der Waals surface area contributed by atoms with Gasteiger partial charge in [0.2, 0.25) is 0 Å². The van der Waals surface area contributed by atoms with Gasteiger partial charge in [-0.15, -0.1) is 0 Å². The first kappa shape index (κ1) is 14.5. The molecule has 0 nitrogen and oxygen atoms in total. The third-order valence-electron chi connectivity index (χ3n) is 1.39. The molecule has 4 heteroatoms. The van der Waals surface area contributed by atoms with Crippen molar-refractivity contribution < 1.29 is 0 Å². The molecule has 0 heterocycles. The number of halogens is 3. The first-order valence-electron chi connectivity index (χ1n) is 3.46. The van der Waals surface area contributed by atoms with Crippen LogP contribution in [0.25, 0.3) is 0 Å². The van der Waals surface area contributed by atoms with Crippen LogP contribution in [0.3, 0.4) is 0 Å². The summed E-state index contributed by atoms with van der Waals surface area (Å²) in [5, 5.41) is 0. The van der Waals surface area contributed by atoms with Gasteiger partial charge in [-0.05, 0) is 5.92 Å². The Morgan fingerprint density at radius 3 is 1.30 bits per heavy atom. The second-order valence-electron chi connectivity index (χ2n) is 2.17. The summed E-state index contributed by atoms with van der Waals surface area (Å²) in [7, 11) is -0.701. The van der Waals surface area contributed by atoms with Gasteiger partial charge in [-0.3, -0.25) is 0 Å². The lowest BCUT2D eigenvalue weighted by Gasteiger charge is -1.98. The fourth-order valence-corrected chi connectivity index (χ4v) is 0.289. The van der Waals surface area contributed by atoms with E-state index in [2.05, 4.69) is 62.9 Å². The highest BCUT2D eigenvalue weighted by atomic mass is 80.0. The number of rotatable bonds is 2. The van der Waals surface area contributed by atoms with Crippen molar-refractivity contribution >= 4 is 50.8 Å². The van der Waals surface area contributed by atoms with E-state index < -0.39 is 8.67 Å². The maximum atomic E-state index is 3.24. The first-order valence-corrected chi connectivity index (χ1v) is 13.0. The number of hydrogen-bond donors (Lipinski definition) is 0. The summed E-state index contributed by atoms with van der Waals surface area (Å²) in [4.78, 5) is 0. The molecular weight excluding hydrogens is 339 g/mol. The van der Waals surface area contributed by atoms with E-state index in [0.717, 1.165) is 5.92 Å². The molecule has 0 aromatic heterocycles. The van der Waals surface area contributed by atoms with Crippen LogP contribution >= 0.6 is 42.2 Å². The third kappa shape index (κ3) is 22.5. The van der Waals surface area contributed by atoms with Crippen molar-refractivity contribution in [2.45, 2.75) is 33.6 Å². The van der Waals surface area contributed by atoms with E-state index in [0.29, 0.717) is 0 Å². The predicted molar refractivity (Wildman–Crippen MR) is 62.3 cm³/mol. The third-order valence-corrected chi connectivity index (χ3v) is 1.39. The molecule has 0 N–H and O–H groups in total. The van der Waals surface area contributed by atoms with E-state index in [4.69, 9.17) is 0 Å². The van der Waals surface area contributed by atoms with E-state index in [1.54, 1.807) is 0 Å². The Bertz CT molecular complexity index is 52.2. The molecule has 0 aromatic carbocycles. The van der Waals surface area contributed by atoms with E-state index in [-0.39, 0.29) is 0 Å². The lowest BCUT2D eigenvalue weighted by Crippen LogP contribution is -1.85. The van der Waals surface area contributed by atoms with Gasteiger partial charge >= 0.3 is 8.67 Å². The van der Waals surface area contributed by atoms with Crippen LogP contribution < -0.4 is 0 Å². The summed E-state index contributed by atoms with van der Waals surface area (Å²) in [5.74, 6) is 0.935. The normalized spacial score (nSPS) is 8.70. The summed E-state index contributed by atoms with van der Waals surface area (Å²) < 4.78 is 0. The quantitative estimate of drug-likeness (QED) is 0.637. The molecule has 0 saturated carbocycles. The van der Waals surface area contributed by atoms with Crippen molar-refractivity contribution in [1.29, 1.82) is 0 Å². The summed E-state index contributed by atoms with van der Waals surface area (Å²) >= 11 is 9.73. The van der Waals surface area contributed by atoms with Crippen LogP contribution in [0.4, 0.5) is 0 Å². The standard InChI is InChI=1S/C6H14.Al.3BrH/c1-4-6(3)5-2;;;;/h6H,4-5H2,1-3H3;;3*1H/q;+3;;;/p-3. The molecule has 62 valence electrons. The summed E-state index contributed by atoms with van der Waals surface area (Å²) in [5.41, 5.74) is 0. The van der Waals surface area contributed by atoms with Crippen LogP contribution in [0.15, 0.2) is 0 Å². The largest absolute Gasteiger partial charge is 0.542 e. The molecule has 0 saturated heterocycles. The minimum Gasteiger partial charge on any atom is -0.181 e. The Morgan fingerprint density at radius 1 is 1.10 bits per heavy atom. The van der Waals surface area contributed by atoms with E-state index in [1.807, 2.05) is 0 Å². The lowest BCUT2D eigenvalue weighted by atomic mass is 10.1. The van der Waals surface area contributed by atoms with Gasteiger partial charge in [0.15, 0.2) is 0 Å². The number of hydrogen-bond acceptors (Lipinski definition) is 0. The fraction of sp³-hybridized carbons (Fsp3) is 1.00. The average Bonchev–Trinajstić information content (AvgIpc) is 1.85. The highest BCUT2D eigenvalue weighted by molar-refractivity contribution is 9.69. The predicted octanol–water partition coefficient (Wildman–Crippen LogP) is 4.60. The fourth-order valence-electron chi connectivity index (χ4n) is 0.289. The second-order valence-corrected chi connectivity index (χ2v) is 22.0. The van der Waals surface area contributed by atoms with Crippen LogP contribution in [0.2, 0.25) is 0 Å².